The van der Waals surface area contributed by atoms with Crippen LogP contribution in [0.2, 0.25) is 0 Å². The van der Waals surface area contributed by atoms with E-state index in [1.807, 2.05) is 18.5 Å². The lowest BCUT2D eigenvalue weighted by molar-refractivity contribution is 0.382. The first kappa shape index (κ1) is 10.6. The second kappa shape index (κ2) is 5.26. The molecule has 1 heterocycles. The Balaban J connectivity index is 2.03. The molecule has 82 valence electrons. The molecule has 15 heavy (non-hydrogen) atoms. The first-order chi connectivity index (χ1) is 7.38. The average Bonchev–Trinajstić information content (AvgIpc) is 2.58. The summed E-state index contributed by atoms with van der Waals surface area (Å²) in [5.74, 6) is 0.664. The van der Waals surface area contributed by atoms with E-state index in [2.05, 4.69) is 11.1 Å². The highest BCUT2D eigenvalue weighted by molar-refractivity contribution is 5.14. The SMILES string of the molecule is NC(c1cccnc1)C1CCCCCC1. The highest BCUT2D eigenvalue weighted by Crippen LogP contribution is 2.31. The molecule has 2 N–H and O–H groups in total. The minimum absolute atomic E-state index is 0.191. The standard InChI is InChI=1S/C13H20N2/c14-13(12-8-5-9-15-10-12)11-6-3-1-2-4-7-11/h5,8-11,13H,1-4,6-7,14H2. The number of rotatable bonds is 2. The maximum atomic E-state index is 6.30. The molecule has 0 aromatic carbocycles. The van der Waals surface area contributed by atoms with Gasteiger partial charge in [0.15, 0.2) is 0 Å². The summed E-state index contributed by atoms with van der Waals surface area (Å²) in [7, 11) is 0. The van der Waals surface area contributed by atoms with Gasteiger partial charge in [-0.05, 0) is 30.4 Å². The maximum Gasteiger partial charge on any atom is 0.0338 e. The highest BCUT2D eigenvalue weighted by Gasteiger charge is 2.20. The van der Waals surface area contributed by atoms with Gasteiger partial charge in [0.2, 0.25) is 0 Å². The molecule has 1 aromatic heterocycles. The highest BCUT2D eigenvalue weighted by atomic mass is 14.7. The van der Waals surface area contributed by atoms with Gasteiger partial charge >= 0.3 is 0 Å². The molecule has 0 bridgehead atoms. The Kier molecular flexibility index (Phi) is 3.73. The van der Waals surface area contributed by atoms with Gasteiger partial charge in [-0.3, -0.25) is 4.98 Å². The second-order valence-electron chi connectivity index (χ2n) is 4.56. The Morgan fingerprint density at radius 3 is 2.53 bits per heavy atom. The minimum Gasteiger partial charge on any atom is -0.324 e. The largest absolute Gasteiger partial charge is 0.324 e. The van der Waals surface area contributed by atoms with E-state index in [1.54, 1.807) is 0 Å². The smallest absolute Gasteiger partial charge is 0.0338 e. The first-order valence-corrected chi connectivity index (χ1v) is 6.03. The van der Waals surface area contributed by atoms with Crippen molar-refractivity contribution < 1.29 is 0 Å². The van der Waals surface area contributed by atoms with Crippen molar-refractivity contribution in [2.24, 2.45) is 11.7 Å². The molecule has 1 aromatic rings. The van der Waals surface area contributed by atoms with Gasteiger partial charge < -0.3 is 5.73 Å². The third kappa shape index (κ3) is 2.78. The number of nitrogens with zero attached hydrogens (tertiary/aromatic N) is 1. The third-order valence-corrected chi connectivity index (χ3v) is 3.48. The van der Waals surface area contributed by atoms with Gasteiger partial charge in [0.25, 0.3) is 0 Å². The molecular weight excluding hydrogens is 184 g/mol. The second-order valence-corrected chi connectivity index (χ2v) is 4.56. The van der Waals surface area contributed by atoms with Crippen molar-refractivity contribution >= 4 is 0 Å². The molecule has 1 fully saturated rings. The Hall–Kier alpha value is -0.890. The summed E-state index contributed by atoms with van der Waals surface area (Å²) in [4.78, 5) is 4.14. The van der Waals surface area contributed by atoms with Crippen molar-refractivity contribution in [3.05, 3.63) is 30.1 Å². The van der Waals surface area contributed by atoms with Gasteiger partial charge in [-0.1, -0.05) is 31.7 Å². The lowest BCUT2D eigenvalue weighted by atomic mass is 9.88. The zero-order valence-electron chi connectivity index (χ0n) is 9.23. The molecule has 1 unspecified atom stereocenters. The predicted octanol–water partition coefficient (Wildman–Crippen LogP) is 3.05. The van der Waals surface area contributed by atoms with Gasteiger partial charge in [0, 0.05) is 18.4 Å². The predicted molar refractivity (Wildman–Crippen MR) is 62.4 cm³/mol. The number of pyridine rings is 1. The Bertz CT molecular complexity index is 276. The van der Waals surface area contributed by atoms with E-state index in [4.69, 9.17) is 5.73 Å². The van der Waals surface area contributed by atoms with Crippen LogP contribution < -0.4 is 5.73 Å². The Morgan fingerprint density at radius 2 is 1.93 bits per heavy atom. The van der Waals surface area contributed by atoms with Gasteiger partial charge in [-0.15, -0.1) is 0 Å². The van der Waals surface area contributed by atoms with Crippen LogP contribution in [0.15, 0.2) is 24.5 Å². The fourth-order valence-electron chi connectivity index (χ4n) is 2.52. The zero-order chi connectivity index (χ0) is 10.5. The summed E-state index contributed by atoms with van der Waals surface area (Å²) in [6, 6.07) is 4.27. The third-order valence-electron chi connectivity index (χ3n) is 3.48. The summed E-state index contributed by atoms with van der Waals surface area (Å²) in [6.07, 6.45) is 11.8. The van der Waals surface area contributed by atoms with E-state index < -0.39 is 0 Å². The molecule has 1 aliphatic carbocycles. The van der Waals surface area contributed by atoms with Crippen LogP contribution in [0.1, 0.15) is 50.1 Å². The van der Waals surface area contributed by atoms with E-state index >= 15 is 0 Å². The Labute approximate surface area is 91.9 Å². The summed E-state index contributed by atoms with van der Waals surface area (Å²) in [5, 5.41) is 0. The molecule has 2 nitrogen and oxygen atoms in total. The monoisotopic (exact) mass is 204 g/mol. The molecule has 1 atom stereocenters. The van der Waals surface area contributed by atoms with Crippen LogP contribution in [0.3, 0.4) is 0 Å². The van der Waals surface area contributed by atoms with Crippen molar-refractivity contribution in [2.45, 2.75) is 44.6 Å². The fourth-order valence-corrected chi connectivity index (χ4v) is 2.52. The van der Waals surface area contributed by atoms with Crippen molar-refractivity contribution in [1.29, 1.82) is 0 Å². The number of nitrogens with two attached hydrogens (primary N) is 1. The molecule has 0 aliphatic heterocycles. The van der Waals surface area contributed by atoms with Crippen molar-refractivity contribution in [3.63, 3.8) is 0 Å². The van der Waals surface area contributed by atoms with Crippen molar-refractivity contribution in [3.8, 4) is 0 Å². The molecule has 1 saturated carbocycles. The minimum atomic E-state index is 0.191. The number of hydrogen-bond donors (Lipinski definition) is 1. The average molecular weight is 204 g/mol. The maximum absolute atomic E-state index is 6.30. The first-order valence-electron chi connectivity index (χ1n) is 6.03. The fraction of sp³-hybridized carbons (Fsp3) is 0.615. The van der Waals surface area contributed by atoms with E-state index in [9.17, 15) is 0 Å². The zero-order valence-corrected chi connectivity index (χ0v) is 9.23. The molecule has 0 radical (unpaired) electrons. The molecule has 0 saturated heterocycles. The number of aromatic nitrogens is 1. The molecule has 1 aliphatic rings. The van der Waals surface area contributed by atoms with Crippen molar-refractivity contribution in [1.82, 2.24) is 4.98 Å². The van der Waals surface area contributed by atoms with Gasteiger partial charge in [0.05, 0.1) is 0 Å². The van der Waals surface area contributed by atoms with Crippen LogP contribution in [0.5, 0.6) is 0 Å². The molecule has 2 heteroatoms. The van der Waals surface area contributed by atoms with Gasteiger partial charge in [-0.25, -0.2) is 0 Å². The lowest BCUT2D eigenvalue weighted by Crippen LogP contribution is -2.21. The molecular formula is C13H20N2. The molecule has 0 amide bonds. The van der Waals surface area contributed by atoms with E-state index in [-0.39, 0.29) is 6.04 Å². The lowest BCUT2D eigenvalue weighted by Gasteiger charge is -2.22. The van der Waals surface area contributed by atoms with Crippen LogP contribution in [0.25, 0.3) is 0 Å². The van der Waals surface area contributed by atoms with Crippen LogP contribution in [-0.2, 0) is 0 Å². The molecule has 0 spiro atoms. The van der Waals surface area contributed by atoms with E-state index in [1.165, 1.54) is 44.1 Å². The summed E-state index contributed by atoms with van der Waals surface area (Å²) < 4.78 is 0. The van der Waals surface area contributed by atoms with Crippen LogP contribution in [0, 0.1) is 5.92 Å². The summed E-state index contributed by atoms with van der Waals surface area (Å²) in [5.41, 5.74) is 7.50. The van der Waals surface area contributed by atoms with Crippen LogP contribution >= 0.6 is 0 Å². The van der Waals surface area contributed by atoms with E-state index in [0.717, 1.165) is 0 Å². The van der Waals surface area contributed by atoms with Gasteiger partial charge in [-0.2, -0.15) is 0 Å². The normalized spacial score (nSPS) is 20.9. The van der Waals surface area contributed by atoms with E-state index in [0.29, 0.717) is 5.92 Å². The topological polar surface area (TPSA) is 38.9 Å². The quantitative estimate of drug-likeness (QED) is 0.752. The van der Waals surface area contributed by atoms with Gasteiger partial charge in [0.1, 0.15) is 0 Å². The Morgan fingerprint density at radius 1 is 1.20 bits per heavy atom. The molecule has 2 rings (SSSR count). The summed E-state index contributed by atoms with van der Waals surface area (Å²) in [6.45, 7) is 0. The van der Waals surface area contributed by atoms with Crippen molar-refractivity contribution in [2.75, 3.05) is 0 Å². The number of hydrogen-bond acceptors (Lipinski definition) is 2. The van der Waals surface area contributed by atoms with Crippen LogP contribution in [-0.4, -0.2) is 4.98 Å². The summed E-state index contributed by atoms with van der Waals surface area (Å²) >= 11 is 0. The van der Waals surface area contributed by atoms with Crippen LogP contribution in [0.4, 0.5) is 0 Å².